The first-order chi connectivity index (χ1) is 12.9. The second-order valence-electron chi connectivity index (χ2n) is 6.71. The molecule has 0 saturated carbocycles. The highest BCUT2D eigenvalue weighted by Crippen LogP contribution is 2.27. The molecule has 5 rings (SSSR count). The lowest BCUT2D eigenvalue weighted by Gasteiger charge is -2.05. The van der Waals surface area contributed by atoms with Gasteiger partial charge in [0.15, 0.2) is 0 Å². The molecule has 0 aliphatic rings. The summed E-state index contributed by atoms with van der Waals surface area (Å²) in [5, 5.41) is 7.75. The molecule has 0 aliphatic carbocycles. The van der Waals surface area contributed by atoms with Gasteiger partial charge < -0.3 is 0 Å². The fourth-order valence-electron chi connectivity index (χ4n) is 3.63. The lowest BCUT2D eigenvalue weighted by molar-refractivity contribution is 1.70. The molecule has 0 aliphatic heterocycles. The molecule has 0 N–H and O–H groups in total. The molecule has 0 radical (unpaired) electrons. The molecule has 26 heavy (non-hydrogen) atoms. The summed E-state index contributed by atoms with van der Waals surface area (Å²) < 4.78 is 0. The van der Waals surface area contributed by atoms with E-state index in [9.17, 15) is 0 Å². The van der Waals surface area contributed by atoms with Gasteiger partial charge in [0.2, 0.25) is 0 Å². The highest BCUT2D eigenvalue weighted by atomic mass is 14.0. The van der Waals surface area contributed by atoms with Gasteiger partial charge in [0.25, 0.3) is 0 Å². The fourth-order valence-corrected chi connectivity index (χ4v) is 3.63. The van der Waals surface area contributed by atoms with Gasteiger partial charge in [-0.2, -0.15) is 0 Å². The molecule has 0 fully saturated rings. The number of rotatable bonds is 2. The average molecular weight is 330 g/mol. The second kappa shape index (κ2) is 6.16. The van der Waals surface area contributed by atoms with Crippen molar-refractivity contribution in [1.29, 1.82) is 0 Å². The molecule has 0 aromatic heterocycles. The van der Waals surface area contributed by atoms with Crippen molar-refractivity contribution in [1.82, 2.24) is 0 Å². The SMILES string of the molecule is C(=Cc1ccc2ccc3ccccc3c2c1)c1ccc2ccccc2c1. The zero-order valence-electron chi connectivity index (χ0n) is 14.4. The van der Waals surface area contributed by atoms with E-state index in [0.717, 1.165) is 0 Å². The Morgan fingerprint density at radius 2 is 0.923 bits per heavy atom. The quantitative estimate of drug-likeness (QED) is 0.235. The Balaban J connectivity index is 1.57. The van der Waals surface area contributed by atoms with Gasteiger partial charge >= 0.3 is 0 Å². The van der Waals surface area contributed by atoms with Gasteiger partial charge in [-0.3, -0.25) is 0 Å². The molecule has 0 spiro atoms. The van der Waals surface area contributed by atoms with E-state index in [1.54, 1.807) is 0 Å². The van der Waals surface area contributed by atoms with Crippen LogP contribution in [0.3, 0.4) is 0 Å². The monoisotopic (exact) mass is 330 g/mol. The van der Waals surface area contributed by atoms with Crippen LogP contribution in [0.1, 0.15) is 11.1 Å². The van der Waals surface area contributed by atoms with E-state index in [1.807, 2.05) is 0 Å². The first-order valence-corrected chi connectivity index (χ1v) is 8.95. The lowest BCUT2D eigenvalue weighted by atomic mass is 9.99. The largest absolute Gasteiger partial charge is 0.0616 e. The summed E-state index contributed by atoms with van der Waals surface area (Å²) in [4.78, 5) is 0. The van der Waals surface area contributed by atoms with E-state index in [4.69, 9.17) is 0 Å². The summed E-state index contributed by atoms with van der Waals surface area (Å²) in [6, 6.07) is 34.7. The highest BCUT2D eigenvalue weighted by Gasteiger charge is 2.00. The van der Waals surface area contributed by atoms with E-state index in [2.05, 4.69) is 109 Å². The van der Waals surface area contributed by atoms with Crippen LogP contribution in [0, 0.1) is 0 Å². The van der Waals surface area contributed by atoms with Crippen LogP contribution in [0.5, 0.6) is 0 Å². The maximum atomic E-state index is 2.29. The van der Waals surface area contributed by atoms with Crippen molar-refractivity contribution in [3.63, 3.8) is 0 Å². The Kier molecular flexibility index (Phi) is 3.54. The van der Waals surface area contributed by atoms with Crippen molar-refractivity contribution in [3.8, 4) is 0 Å². The zero-order valence-corrected chi connectivity index (χ0v) is 14.4. The van der Waals surface area contributed by atoms with E-state index in [0.29, 0.717) is 0 Å². The van der Waals surface area contributed by atoms with E-state index in [-0.39, 0.29) is 0 Å². The lowest BCUT2D eigenvalue weighted by Crippen LogP contribution is -1.80. The van der Waals surface area contributed by atoms with Crippen LogP contribution in [0.4, 0.5) is 0 Å². The summed E-state index contributed by atoms with van der Waals surface area (Å²) in [6.07, 6.45) is 4.39. The van der Waals surface area contributed by atoms with Gasteiger partial charge in [-0.05, 0) is 55.6 Å². The molecule has 0 nitrogen and oxygen atoms in total. The van der Waals surface area contributed by atoms with E-state index in [1.165, 1.54) is 43.4 Å². The molecule has 0 heterocycles. The predicted octanol–water partition coefficient (Wildman–Crippen LogP) is 7.32. The van der Waals surface area contributed by atoms with Gasteiger partial charge in [-0.1, -0.05) is 97.1 Å². The predicted molar refractivity (Wildman–Crippen MR) is 114 cm³/mol. The fraction of sp³-hybridized carbons (Fsp3) is 0. The van der Waals surface area contributed by atoms with Crippen LogP contribution < -0.4 is 0 Å². The summed E-state index contributed by atoms with van der Waals surface area (Å²) in [6.45, 7) is 0. The molecule has 122 valence electrons. The smallest absolute Gasteiger partial charge is 0.00995 e. The maximum absolute atomic E-state index is 2.29. The van der Waals surface area contributed by atoms with Crippen LogP contribution >= 0.6 is 0 Å². The molecular formula is C26H18. The van der Waals surface area contributed by atoms with Gasteiger partial charge in [-0.25, -0.2) is 0 Å². The first-order valence-electron chi connectivity index (χ1n) is 8.95. The minimum absolute atomic E-state index is 1.22. The number of hydrogen-bond acceptors (Lipinski definition) is 0. The molecule has 5 aromatic rings. The van der Waals surface area contributed by atoms with Crippen LogP contribution in [0.15, 0.2) is 97.1 Å². The van der Waals surface area contributed by atoms with Crippen LogP contribution in [-0.4, -0.2) is 0 Å². The maximum Gasteiger partial charge on any atom is -0.00995 e. The second-order valence-corrected chi connectivity index (χ2v) is 6.71. The Hall–Kier alpha value is -3.38. The molecule has 0 heteroatoms. The van der Waals surface area contributed by atoms with Crippen molar-refractivity contribution in [2.45, 2.75) is 0 Å². The zero-order chi connectivity index (χ0) is 17.3. The third-order valence-corrected chi connectivity index (χ3v) is 5.01. The molecule has 0 atom stereocenters. The van der Waals surface area contributed by atoms with Crippen molar-refractivity contribution in [3.05, 3.63) is 108 Å². The van der Waals surface area contributed by atoms with Crippen molar-refractivity contribution in [2.24, 2.45) is 0 Å². The summed E-state index contributed by atoms with van der Waals surface area (Å²) in [5.74, 6) is 0. The highest BCUT2D eigenvalue weighted by molar-refractivity contribution is 6.08. The van der Waals surface area contributed by atoms with E-state index < -0.39 is 0 Å². The van der Waals surface area contributed by atoms with Gasteiger partial charge in [0, 0.05) is 0 Å². The number of fused-ring (bicyclic) bond motifs is 4. The Morgan fingerprint density at radius 1 is 0.385 bits per heavy atom. The Morgan fingerprint density at radius 3 is 1.73 bits per heavy atom. The molecule has 0 amide bonds. The van der Waals surface area contributed by atoms with Crippen molar-refractivity contribution < 1.29 is 0 Å². The molecule has 0 saturated heterocycles. The third-order valence-electron chi connectivity index (χ3n) is 5.01. The Bertz CT molecular complexity index is 1280. The van der Waals surface area contributed by atoms with Crippen LogP contribution in [0.2, 0.25) is 0 Å². The summed E-state index contributed by atoms with van der Waals surface area (Å²) in [7, 11) is 0. The van der Waals surface area contributed by atoms with Crippen LogP contribution in [-0.2, 0) is 0 Å². The summed E-state index contributed by atoms with van der Waals surface area (Å²) >= 11 is 0. The van der Waals surface area contributed by atoms with Gasteiger partial charge in [-0.15, -0.1) is 0 Å². The minimum Gasteiger partial charge on any atom is -0.0616 e. The first kappa shape index (κ1) is 14.9. The van der Waals surface area contributed by atoms with Gasteiger partial charge in [0.1, 0.15) is 0 Å². The summed E-state index contributed by atoms with van der Waals surface area (Å²) in [5.41, 5.74) is 2.45. The number of benzene rings is 5. The molecule has 0 unspecified atom stereocenters. The van der Waals surface area contributed by atoms with Crippen molar-refractivity contribution in [2.75, 3.05) is 0 Å². The Labute approximate surface area is 153 Å². The standard InChI is InChI=1S/C26H18/c1-2-7-24-17-19(11-13-21(24)5-1)9-10-20-12-14-23-16-15-22-6-3-4-8-25(22)26(23)18-20/h1-18H. The normalized spacial score (nSPS) is 11.7. The molecule has 0 bridgehead atoms. The number of hydrogen-bond donors (Lipinski definition) is 0. The topological polar surface area (TPSA) is 0 Å². The average Bonchev–Trinajstić information content (AvgIpc) is 2.72. The van der Waals surface area contributed by atoms with E-state index >= 15 is 0 Å². The van der Waals surface area contributed by atoms with Crippen LogP contribution in [0.25, 0.3) is 44.5 Å². The third kappa shape index (κ3) is 2.66. The van der Waals surface area contributed by atoms with Crippen molar-refractivity contribution >= 4 is 44.5 Å². The van der Waals surface area contributed by atoms with Gasteiger partial charge in [0.05, 0.1) is 0 Å². The molecule has 5 aromatic carbocycles. The minimum atomic E-state index is 1.22. The molecular weight excluding hydrogens is 312 g/mol.